The first-order valence-corrected chi connectivity index (χ1v) is 9.09. The van der Waals surface area contributed by atoms with Crippen LogP contribution in [-0.4, -0.2) is 25.1 Å². The van der Waals surface area contributed by atoms with Crippen LogP contribution in [0.2, 0.25) is 0 Å². The van der Waals surface area contributed by atoms with Crippen molar-refractivity contribution in [3.63, 3.8) is 0 Å². The average molecular weight is 408 g/mol. The normalized spacial score (nSPS) is 12.2. The molecule has 0 unspecified atom stereocenters. The number of rotatable bonds is 8. The molecule has 0 saturated carbocycles. The molecule has 2 aromatic carbocycles. The molecule has 2 N–H and O–H groups in total. The molecular formula is C21H23F3N2O3. The first-order chi connectivity index (χ1) is 13.7. The summed E-state index contributed by atoms with van der Waals surface area (Å²) >= 11 is 0. The van der Waals surface area contributed by atoms with Gasteiger partial charge >= 0.3 is 12.1 Å². The molecule has 0 fully saturated rings. The van der Waals surface area contributed by atoms with Crippen LogP contribution >= 0.6 is 0 Å². The Hall–Kier alpha value is -3.03. The van der Waals surface area contributed by atoms with E-state index in [0.717, 1.165) is 17.5 Å². The van der Waals surface area contributed by atoms with Gasteiger partial charge in [-0.3, -0.25) is 9.59 Å². The molecule has 0 spiro atoms. The summed E-state index contributed by atoms with van der Waals surface area (Å²) in [7, 11) is 1.54. The number of carbonyl (C=O) groups excluding carboxylic acids is 2. The number of methoxy groups -OCH3 is 1. The van der Waals surface area contributed by atoms with E-state index in [1.54, 1.807) is 55.6 Å². The quantitative estimate of drug-likeness (QED) is 0.700. The highest BCUT2D eigenvalue weighted by Crippen LogP contribution is 2.22. The van der Waals surface area contributed by atoms with Crippen molar-refractivity contribution in [2.45, 2.75) is 38.5 Å². The third kappa shape index (κ3) is 6.81. The molecule has 156 valence electrons. The van der Waals surface area contributed by atoms with Crippen molar-refractivity contribution in [3.05, 3.63) is 65.2 Å². The van der Waals surface area contributed by atoms with Gasteiger partial charge < -0.3 is 15.4 Å². The summed E-state index contributed by atoms with van der Waals surface area (Å²) in [6, 6.07) is 12.7. The molecule has 0 aromatic heterocycles. The van der Waals surface area contributed by atoms with E-state index >= 15 is 0 Å². The monoisotopic (exact) mass is 408 g/mol. The Bertz CT molecular complexity index is 819. The van der Waals surface area contributed by atoms with Crippen LogP contribution in [0.25, 0.3) is 0 Å². The van der Waals surface area contributed by atoms with Crippen molar-refractivity contribution in [3.8, 4) is 5.75 Å². The molecule has 1 atom stereocenters. The van der Waals surface area contributed by atoms with Gasteiger partial charge in [0.1, 0.15) is 5.75 Å². The number of benzene rings is 2. The zero-order chi connectivity index (χ0) is 21.4. The van der Waals surface area contributed by atoms with Gasteiger partial charge in [0, 0.05) is 6.54 Å². The number of aryl methyl sites for hydroxylation is 1. The Kier molecular flexibility index (Phi) is 7.64. The lowest BCUT2D eigenvalue weighted by atomic mass is 10.0. The Morgan fingerprint density at radius 1 is 1.00 bits per heavy atom. The van der Waals surface area contributed by atoms with Gasteiger partial charge in [-0.25, -0.2) is 0 Å². The molecule has 0 bridgehead atoms. The zero-order valence-electron chi connectivity index (χ0n) is 16.2. The van der Waals surface area contributed by atoms with E-state index in [1.807, 2.05) is 12.2 Å². The number of alkyl halides is 3. The molecule has 2 rings (SSSR count). The number of carbonyl (C=O) groups is 2. The number of amides is 2. The van der Waals surface area contributed by atoms with Crippen molar-refractivity contribution < 1.29 is 27.5 Å². The molecule has 0 aliphatic heterocycles. The molecule has 0 radical (unpaired) electrons. The predicted octanol–water partition coefficient (Wildman–Crippen LogP) is 3.68. The fourth-order valence-electron chi connectivity index (χ4n) is 2.68. The number of hydrogen-bond donors (Lipinski definition) is 2. The van der Waals surface area contributed by atoms with E-state index in [9.17, 15) is 22.8 Å². The highest BCUT2D eigenvalue weighted by molar-refractivity contribution is 5.83. The minimum absolute atomic E-state index is 0.206. The Morgan fingerprint density at radius 2 is 1.59 bits per heavy atom. The van der Waals surface area contributed by atoms with Gasteiger partial charge in [0.25, 0.3) is 0 Å². The Balaban J connectivity index is 2.06. The van der Waals surface area contributed by atoms with E-state index < -0.39 is 24.0 Å². The summed E-state index contributed by atoms with van der Waals surface area (Å²) < 4.78 is 43.1. The molecular weight excluding hydrogens is 385 g/mol. The second-order valence-electron chi connectivity index (χ2n) is 6.45. The molecule has 2 aromatic rings. The summed E-state index contributed by atoms with van der Waals surface area (Å²) in [6.45, 7) is 2.15. The van der Waals surface area contributed by atoms with Crippen LogP contribution in [0.4, 0.5) is 13.2 Å². The smallest absolute Gasteiger partial charge is 0.471 e. The topological polar surface area (TPSA) is 67.4 Å². The van der Waals surface area contributed by atoms with Crippen molar-refractivity contribution in [1.29, 1.82) is 0 Å². The van der Waals surface area contributed by atoms with Crippen molar-refractivity contribution in [2.75, 3.05) is 7.11 Å². The third-order valence-corrected chi connectivity index (χ3v) is 4.39. The van der Waals surface area contributed by atoms with E-state index in [-0.39, 0.29) is 13.0 Å². The predicted molar refractivity (Wildman–Crippen MR) is 102 cm³/mol. The van der Waals surface area contributed by atoms with Gasteiger partial charge in [0.15, 0.2) is 0 Å². The summed E-state index contributed by atoms with van der Waals surface area (Å²) in [5.41, 5.74) is 2.24. The lowest BCUT2D eigenvalue weighted by molar-refractivity contribution is -0.174. The van der Waals surface area contributed by atoms with E-state index in [0.29, 0.717) is 11.3 Å². The first-order valence-electron chi connectivity index (χ1n) is 9.09. The molecule has 5 nitrogen and oxygen atoms in total. The summed E-state index contributed by atoms with van der Waals surface area (Å²) in [5.74, 6) is -1.89. The highest BCUT2D eigenvalue weighted by Gasteiger charge is 2.40. The number of ether oxygens (including phenoxy) is 1. The van der Waals surface area contributed by atoms with Crippen LogP contribution in [0.1, 0.15) is 36.1 Å². The third-order valence-electron chi connectivity index (χ3n) is 4.39. The second kappa shape index (κ2) is 9.95. The van der Waals surface area contributed by atoms with Crippen LogP contribution < -0.4 is 15.4 Å². The first kappa shape index (κ1) is 22.3. The number of halogens is 3. The second-order valence-corrected chi connectivity index (χ2v) is 6.45. The summed E-state index contributed by atoms with van der Waals surface area (Å²) in [6.07, 6.45) is -4.58. The van der Waals surface area contributed by atoms with Crippen molar-refractivity contribution in [2.24, 2.45) is 0 Å². The molecule has 29 heavy (non-hydrogen) atoms. The summed E-state index contributed by atoms with van der Waals surface area (Å²) in [4.78, 5) is 23.7. The van der Waals surface area contributed by atoms with Gasteiger partial charge in [-0.05, 0) is 35.2 Å². The maximum absolute atomic E-state index is 12.7. The molecule has 0 aliphatic rings. The van der Waals surface area contributed by atoms with E-state index in [4.69, 9.17) is 4.74 Å². The fourth-order valence-corrected chi connectivity index (χ4v) is 2.68. The number of nitrogens with one attached hydrogen (secondary N) is 2. The van der Waals surface area contributed by atoms with Gasteiger partial charge in [0.05, 0.1) is 19.6 Å². The molecule has 0 heterocycles. The van der Waals surface area contributed by atoms with E-state index in [2.05, 4.69) is 5.32 Å². The lowest BCUT2D eigenvalue weighted by Gasteiger charge is -2.20. The Morgan fingerprint density at radius 3 is 2.10 bits per heavy atom. The fraction of sp³-hybridized carbons (Fsp3) is 0.333. The van der Waals surface area contributed by atoms with Crippen LogP contribution in [0.3, 0.4) is 0 Å². The van der Waals surface area contributed by atoms with Crippen LogP contribution in [-0.2, 0) is 22.6 Å². The molecule has 2 amide bonds. The average Bonchev–Trinajstić information content (AvgIpc) is 2.71. The SMILES string of the molecule is CCc1ccc([C@H](CC(=O)NCc2ccc(OC)cc2)NC(=O)C(F)(F)F)cc1. The lowest BCUT2D eigenvalue weighted by Crippen LogP contribution is -2.40. The van der Waals surface area contributed by atoms with Crippen LogP contribution in [0.5, 0.6) is 5.75 Å². The van der Waals surface area contributed by atoms with Gasteiger partial charge in [-0.1, -0.05) is 43.3 Å². The standard InChI is InChI=1S/C21H23F3N2O3/c1-3-14-4-8-16(9-5-14)18(26-20(28)21(22,23)24)12-19(27)25-13-15-6-10-17(29-2)11-7-15/h4-11,18H,3,12-13H2,1-2H3,(H,25,27)(H,26,28)/t18-/m0/s1. The largest absolute Gasteiger partial charge is 0.497 e. The zero-order valence-corrected chi connectivity index (χ0v) is 16.2. The minimum Gasteiger partial charge on any atom is -0.497 e. The van der Waals surface area contributed by atoms with E-state index in [1.165, 1.54) is 0 Å². The van der Waals surface area contributed by atoms with Gasteiger partial charge in [-0.2, -0.15) is 13.2 Å². The summed E-state index contributed by atoms with van der Waals surface area (Å²) in [5, 5.41) is 4.57. The molecule has 0 aliphatic carbocycles. The highest BCUT2D eigenvalue weighted by atomic mass is 19.4. The van der Waals surface area contributed by atoms with Crippen molar-refractivity contribution >= 4 is 11.8 Å². The van der Waals surface area contributed by atoms with Crippen molar-refractivity contribution in [1.82, 2.24) is 10.6 Å². The maximum Gasteiger partial charge on any atom is 0.471 e. The maximum atomic E-state index is 12.7. The van der Waals surface area contributed by atoms with Gasteiger partial charge in [0.2, 0.25) is 5.91 Å². The number of hydrogen-bond acceptors (Lipinski definition) is 3. The van der Waals surface area contributed by atoms with Crippen LogP contribution in [0, 0.1) is 0 Å². The van der Waals surface area contributed by atoms with Crippen LogP contribution in [0.15, 0.2) is 48.5 Å². The Labute approximate surface area is 167 Å². The van der Waals surface area contributed by atoms with Gasteiger partial charge in [-0.15, -0.1) is 0 Å². The molecule has 8 heteroatoms. The minimum atomic E-state index is -5.03. The molecule has 0 saturated heterocycles.